The molecule has 0 aliphatic carbocycles. The zero-order chi connectivity index (χ0) is 20.4. The maximum atomic E-state index is 14.3. The lowest BCUT2D eigenvalue weighted by atomic mass is 9.93. The number of nitrogens with zero attached hydrogens (tertiary/aromatic N) is 1. The molecule has 5 nitrogen and oxygen atoms in total. The summed E-state index contributed by atoms with van der Waals surface area (Å²) < 4.78 is 51.7. The first-order valence-electron chi connectivity index (χ1n) is 7.76. The van der Waals surface area contributed by atoms with Crippen molar-refractivity contribution >= 4 is 33.3 Å². The number of benzene rings is 2. The van der Waals surface area contributed by atoms with Gasteiger partial charge < -0.3 is 4.74 Å². The van der Waals surface area contributed by atoms with Crippen LogP contribution in [0.3, 0.4) is 0 Å². The van der Waals surface area contributed by atoms with Crippen molar-refractivity contribution in [3.63, 3.8) is 0 Å². The quantitative estimate of drug-likeness (QED) is 0.665. The molecule has 2 aromatic carbocycles. The van der Waals surface area contributed by atoms with Crippen LogP contribution in [0, 0.1) is 23.1 Å². The Hall–Kier alpha value is -1.85. The van der Waals surface area contributed by atoms with Crippen molar-refractivity contribution in [2.45, 2.75) is 18.6 Å². The van der Waals surface area contributed by atoms with Gasteiger partial charge in [0, 0.05) is 11.1 Å². The van der Waals surface area contributed by atoms with Crippen molar-refractivity contribution in [3.8, 4) is 22.9 Å². The molecule has 2 aromatic rings. The van der Waals surface area contributed by atoms with Crippen LogP contribution in [0.2, 0.25) is 10.0 Å². The highest BCUT2D eigenvalue weighted by Crippen LogP contribution is 2.42. The van der Waals surface area contributed by atoms with E-state index in [1.165, 1.54) is 26.2 Å². The summed E-state index contributed by atoms with van der Waals surface area (Å²) in [4.78, 5) is 0. The number of halogens is 3. The molecule has 1 unspecified atom stereocenters. The molecule has 0 heterocycles. The van der Waals surface area contributed by atoms with Gasteiger partial charge in [0.05, 0.1) is 23.2 Å². The largest absolute Gasteiger partial charge is 0.496 e. The highest BCUT2D eigenvalue weighted by atomic mass is 35.5. The van der Waals surface area contributed by atoms with E-state index >= 15 is 0 Å². The van der Waals surface area contributed by atoms with Crippen molar-refractivity contribution < 1.29 is 22.1 Å². The second-order valence-corrected chi connectivity index (χ2v) is 8.34. The molecule has 0 radical (unpaired) electrons. The molecule has 0 saturated heterocycles. The standard InChI is InChI=1S/C18H16Cl2FNO4S/c1-10(16(9-22)27(23,24)25)6-11-7-12(21)8-13(18(11)26-2)17-14(19)4-3-5-15(17)20/h3-5,7-8,10,16H,6H2,1-2H3,(H,23,24,25)/t10?,16-/m1/s1. The summed E-state index contributed by atoms with van der Waals surface area (Å²) in [6.07, 6.45) is -0.0337. The van der Waals surface area contributed by atoms with Crippen LogP contribution >= 0.6 is 23.2 Å². The molecule has 1 N–H and O–H groups in total. The van der Waals surface area contributed by atoms with Crippen molar-refractivity contribution in [1.29, 1.82) is 5.26 Å². The highest BCUT2D eigenvalue weighted by molar-refractivity contribution is 7.86. The molecule has 144 valence electrons. The Labute approximate surface area is 167 Å². The van der Waals surface area contributed by atoms with Gasteiger partial charge in [-0.25, -0.2) is 4.39 Å². The average molecular weight is 432 g/mol. The Morgan fingerprint density at radius 2 is 1.89 bits per heavy atom. The summed E-state index contributed by atoms with van der Waals surface area (Å²) in [5, 5.41) is 7.99. The zero-order valence-corrected chi connectivity index (χ0v) is 16.7. The number of rotatable bonds is 6. The molecule has 0 spiro atoms. The third kappa shape index (κ3) is 4.71. The fourth-order valence-corrected chi connectivity index (χ4v) is 4.34. The van der Waals surface area contributed by atoms with Crippen molar-refractivity contribution in [2.75, 3.05) is 7.11 Å². The van der Waals surface area contributed by atoms with E-state index in [4.69, 9.17) is 33.2 Å². The first-order valence-corrected chi connectivity index (χ1v) is 10.0. The number of hydrogen-bond acceptors (Lipinski definition) is 4. The SMILES string of the molecule is COc1c(CC(C)[C@@H](C#N)S(=O)(=O)O)cc(F)cc1-c1c(Cl)cccc1Cl. The van der Waals surface area contributed by atoms with Crippen molar-refractivity contribution in [1.82, 2.24) is 0 Å². The van der Waals surface area contributed by atoms with E-state index < -0.39 is 27.1 Å². The van der Waals surface area contributed by atoms with Crippen LogP contribution in [-0.2, 0) is 16.5 Å². The number of nitriles is 1. The minimum atomic E-state index is -4.58. The lowest BCUT2D eigenvalue weighted by Gasteiger charge is -2.20. The fourth-order valence-electron chi connectivity index (χ4n) is 2.92. The van der Waals surface area contributed by atoms with Crippen molar-refractivity contribution in [2.24, 2.45) is 5.92 Å². The van der Waals surface area contributed by atoms with Gasteiger partial charge in [-0.15, -0.1) is 0 Å². The fraction of sp³-hybridized carbons (Fsp3) is 0.278. The van der Waals surface area contributed by atoms with Crippen LogP contribution in [0.4, 0.5) is 4.39 Å². The smallest absolute Gasteiger partial charge is 0.281 e. The van der Waals surface area contributed by atoms with E-state index in [2.05, 4.69) is 0 Å². The second-order valence-electron chi connectivity index (χ2n) is 5.99. The summed E-state index contributed by atoms with van der Waals surface area (Å²) >= 11 is 12.4. The van der Waals surface area contributed by atoms with Crippen LogP contribution < -0.4 is 4.74 Å². The minimum absolute atomic E-state index is 0.0337. The number of methoxy groups -OCH3 is 1. The Kier molecular flexibility index (Phi) is 6.71. The monoisotopic (exact) mass is 431 g/mol. The Bertz CT molecular complexity index is 985. The summed E-state index contributed by atoms with van der Waals surface area (Å²) in [6, 6.07) is 8.80. The third-order valence-corrected chi connectivity index (χ3v) is 5.92. The van der Waals surface area contributed by atoms with E-state index in [1.54, 1.807) is 24.3 Å². The Morgan fingerprint density at radius 3 is 2.37 bits per heavy atom. The van der Waals surface area contributed by atoms with Gasteiger partial charge >= 0.3 is 0 Å². The lowest BCUT2D eigenvalue weighted by molar-refractivity contribution is 0.404. The lowest BCUT2D eigenvalue weighted by Crippen LogP contribution is -2.27. The number of ether oxygens (including phenoxy) is 1. The van der Waals surface area contributed by atoms with Gasteiger partial charge in [0.15, 0.2) is 5.25 Å². The maximum absolute atomic E-state index is 14.3. The molecule has 9 heteroatoms. The molecule has 0 saturated carbocycles. The molecule has 0 fully saturated rings. The van der Waals surface area contributed by atoms with Gasteiger partial charge in [0.25, 0.3) is 10.1 Å². The molecule has 2 rings (SSSR count). The average Bonchev–Trinajstić information content (AvgIpc) is 2.53. The first-order chi connectivity index (χ1) is 12.6. The van der Waals surface area contributed by atoms with E-state index in [0.717, 1.165) is 0 Å². The molecule has 2 atom stereocenters. The molecular formula is C18H16Cl2FNO4S. The summed E-state index contributed by atoms with van der Waals surface area (Å²) in [5.74, 6) is -1.18. The molecule has 0 aliphatic heterocycles. The van der Waals surface area contributed by atoms with Crippen molar-refractivity contribution in [3.05, 3.63) is 51.8 Å². The van der Waals surface area contributed by atoms with E-state index in [-0.39, 0.29) is 12.2 Å². The van der Waals surface area contributed by atoms with Crippen LogP contribution in [0.5, 0.6) is 5.75 Å². The Morgan fingerprint density at radius 1 is 1.30 bits per heavy atom. The Balaban J connectivity index is 2.60. The van der Waals surface area contributed by atoms with Gasteiger partial charge in [-0.3, -0.25) is 4.55 Å². The highest BCUT2D eigenvalue weighted by Gasteiger charge is 2.30. The molecule has 0 aliphatic rings. The first kappa shape index (κ1) is 21.5. The molecular weight excluding hydrogens is 416 g/mol. The third-order valence-electron chi connectivity index (χ3n) is 4.07. The predicted octanol–water partition coefficient (Wildman–Crippen LogP) is 4.77. The topological polar surface area (TPSA) is 87.4 Å². The molecule has 27 heavy (non-hydrogen) atoms. The van der Waals surface area contributed by atoms with E-state index in [1.807, 2.05) is 0 Å². The van der Waals surface area contributed by atoms with Crippen LogP contribution in [-0.4, -0.2) is 25.3 Å². The maximum Gasteiger partial charge on any atom is 0.281 e. The van der Waals surface area contributed by atoms with Gasteiger partial charge in [0.1, 0.15) is 11.6 Å². The van der Waals surface area contributed by atoms with Gasteiger partial charge in [-0.2, -0.15) is 13.7 Å². The van der Waals surface area contributed by atoms with Gasteiger partial charge in [-0.1, -0.05) is 36.2 Å². The van der Waals surface area contributed by atoms with E-state index in [0.29, 0.717) is 26.7 Å². The molecule has 0 amide bonds. The van der Waals surface area contributed by atoms with E-state index in [9.17, 15) is 17.4 Å². The summed E-state index contributed by atoms with van der Waals surface area (Å²) in [7, 11) is -3.20. The molecule has 0 aromatic heterocycles. The van der Waals surface area contributed by atoms with Crippen LogP contribution in [0.1, 0.15) is 12.5 Å². The zero-order valence-electron chi connectivity index (χ0n) is 14.4. The van der Waals surface area contributed by atoms with Gasteiger partial charge in [0.2, 0.25) is 0 Å². The van der Waals surface area contributed by atoms with Crippen LogP contribution in [0.25, 0.3) is 11.1 Å². The van der Waals surface area contributed by atoms with Crippen LogP contribution in [0.15, 0.2) is 30.3 Å². The summed E-state index contributed by atoms with van der Waals surface area (Å²) in [5.41, 5.74) is 0.994. The van der Waals surface area contributed by atoms with Gasteiger partial charge in [-0.05, 0) is 42.2 Å². The summed E-state index contributed by atoms with van der Waals surface area (Å²) in [6.45, 7) is 1.47. The predicted molar refractivity (Wildman–Crippen MR) is 102 cm³/mol. The second kappa shape index (κ2) is 8.44. The normalized spacial score (nSPS) is 13.7. The molecule has 0 bridgehead atoms. The minimum Gasteiger partial charge on any atom is -0.496 e. The number of hydrogen-bond donors (Lipinski definition) is 1.